The summed E-state index contributed by atoms with van der Waals surface area (Å²) in [5, 5.41) is 10.6. The van der Waals surface area contributed by atoms with Crippen molar-refractivity contribution in [2.24, 2.45) is 0 Å². The number of nitrogens with one attached hydrogen (secondary N) is 2. The standard InChI is InChI=1S/C14H16FN3/c15-12-5-1-3-10(7-12)13-9-17-18-14(13)11-4-2-6-16-8-11/h1,3,5,7,9,11,16H,2,4,6,8H2,(H,17,18). The zero-order chi connectivity index (χ0) is 12.4. The van der Waals surface area contributed by atoms with Crippen LogP contribution in [0.3, 0.4) is 0 Å². The lowest BCUT2D eigenvalue weighted by Crippen LogP contribution is -2.28. The molecule has 2 N–H and O–H groups in total. The number of piperidine rings is 1. The summed E-state index contributed by atoms with van der Waals surface area (Å²) in [7, 11) is 0. The Balaban J connectivity index is 1.95. The number of rotatable bonds is 2. The summed E-state index contributed by atoms with van der Waals surface area (Å²) in [6.45, 7) is 2.05. The van der Waals surface area contributed by atoms with Crippen LogP contribution in [-0.2, 0) is 0 Å². The van der Waals surface area contributed by atoms with Gasteiger partial charge in [0.25, 0.3) is 0 Å². The van der Waals surface area contributed by atoms with E-state index in [1.807, 2.05) is 6.07 Å². The number of aromatic amines is 1. The second-order valence-electron chi connectivity index (χ2n) is 4.75. The quantitative estimate of drug-likeness (QED) is 0.854. The van der Waals surface area contributed by atoms with Gasteiger partial charge >= 0.3 is 0 Å². The van der Waals surface area contributed by atoms with E-state index < -0.39 is 0 Å². The summed E-state index contributed by atoms with van der Waals surface area (Å²) >= 11 is 0. The first-order valence-electron chi connectivity index (χ1n) is 6.34. The normalized spacial score (nSPS) is 19.9. The largest absolute Gasteiger partial charge is 0.316 e. The minimum atomic E-state index is -0.207. The third-order valence-electron chi connectivity index (χ3n) is 3.51. The van der Waals surface area contributed by atoms with Crippen molar-refractivity contribution in [3.63, 3.8) is 0 Å². The summed E-state index contributed by atoms with van der Waals surface area (Å²) < 4.78 is 13.3. The monoisotopic (exact) mass is 245 g/mol. The van der Waals surface area contributed by atoms with Crippen LogP contribution in [0.25, 0.3) is 11.1 Å². The van der Waals surface area contributed by atoms with Crippen LogP contribution in [0.5, 0.6) is 0 Å². The number of H-pyrrole nitrogens is 1. The molecule has 0 spiro atoms. The van der Waals surface area contributed by atoms with Gasteiger partial charge in [-0.25, -0.2) is 4.39 Å². The highest BCUT2D eigenvalue weighted by Crippen LogP contribution is 2.31. The molecule has 0 amide bonds. The fourth-order valence-corrected chi connectivity index (χ4v) is 2.59. The van der Waals surface area contributed by atoms with Crippen molar-refractivity contribution < 1.29 is 4.39 Å². The van der Waals surface area contributed by atoms with Crippen LogP contribution >= 0.6 is 0 Å². The molecule has 1 aromatic heterocycles. The van der Waals surface area contributed by atoms with Crippen LogP contribution in [0.15, 0.2) is 30.5 Å². The lowest BCUT2D eigenvalue weighted by atomic mass is 9.91. The summed E-state index contributed by atoms with van der Waals surface area (Å²) in [5.41, 5.74) is 3.03. The van der Waals surface area contributed by atoms with Crippen LogP contribution in [0.4, 0.5) is 4.39 Å². The Hall–Kier alpha value is -1.68. The predicted octanol–water partition coefficient (Wildman–Crippen LogP) is 2.68. The molecule has 1 unspecified atom stereocenters. The second-order valence-corrected chi connectivity index (χ2v) is 4.75. The first kappa shape index (κ1) is 11.4. The van der Waals surface area contributed by atoms with Gasteiger partial charge in [0.15, 0.2) is 0 Å². The summed E-state index contributed by atoms with van der Waals surface area (Å²) in [6.07, 6.45) is 4.11. The molecule has 0 saturated carbocycles. The summed E-state index contributed by atoms with van der Waals surface area (Å²) in [4.78, 5) is 0. The van der Waals surface area contributed by atoms with E-state index in [0.29, 0.717) is 5.92 Å². The van der Waals surface area contributed by atoms with Gasteiger partial charge in [-0.2, -0.15) is 5.10 Å². The van der Waals surface area contributed by atoms with Gasteiger partial charge in [0.05, 0.1) is 6.20 Å². The van der Waals surface area contributed by atoms with Gasteiger partial charge in [-0.1, -0.05) is 12.1 Å². The molecular formula is C14H16FN3. The van der Waals surface area contributed by atoms with Gasteiger partial charge in [0.1, 0.15) is 5.82 Å². The topological polar surface area (TPSA) is 40.7 Å². The van der Waals surface area contributed by atoms with E-state index in [-0.39, 0.29) is 5.82 Å². The fraction of sp³-hybridized carbons (Fsp3) is 0.357. The van der Waals surface area contributed by atoms with Crippen molar-refractivity contribution in [2.45, 2.75) is 18.8 Å². The summed E-state index contributed by atoms with van der Waals surface area (Å²) in [6, 6.07) is 6.68. The molecular weight excluding hydrogens is 229 g/mol. The van der Waals surface area contributed by atoms with Gasteiger partial charge in [-0.3, -0.25) is 5.10 Å². The molecule has 1 aliphatic rings. The number of hydrogen-bond acceptors (Lipinski definition) is 2. The zero-order valence-corrected chi connectivity index (χ0v) is 10.1. The van der Waals surface area contributed by atoms with Crippen molar-refractivity contribution in [1.82, 2.24) is 15.5 Å². The molecule has 2 aromatic rings. The fourth-order valence-electron chi connectivity index (χ4n) is 2.59. The Bertz CT molecular complexity index is 529. The maximum atomic E-state index is 13.3. The lowest BCUT2D eigenvalue weighted by Gasteiger charge is -2.22. The molecule has 0 bridgehead atoms. The van der Waals surface area contributed by atoms with E-state index >= 15 is 0 Å². The highest BCUT2D eigenvalue weighted by Gasteiger charge is 2.20. The third-order valence-corrected chi connectivity index (χ3v) is 3.51. The van der Waals surface area contributed by atoms with Gasteiger partial charge in [-0.05, 0) is 37.1 Å². The van der Waals surface area contributed by atoms with Crippen LogP contribution in [0.2, 0.25) is 0 Å². The van der Waals surface area contributed by atoms with Crippen molar-refractivity contribution >= 4 is 0 Å². The molecule has 94 valence electrons. The van der Waals surface area contributed by atoms with Crippen LogP contribution in [0.1, 0.15) is 24.5 Å². The molecule has 1 aliphatic heterocycles. The van der Waals surface area contributed by atoms with E-state index in [1.165, 1.54) is 12.5 Å². The van der Waals surface area contributed by atoms with Crippen molar-refractivity contribution in [1.29, 1.82) is 0 Å². The lowest BCUT2D eigenvalue weighted by molar-refractivity contribution is 0.455. The zero-order valence-electron chi connectivity index (χ0n) is 10.1. The molecule has 1 saturated heterocycles. The van der Waals surface area contributed by atoms with Crippen molar-refractivity contribution in [2.75, 3.05) is 13.1 Å². The van der Waals surface area contributed by atoms with Gasteiger partial charge in [-0.15, -0.1) is 0 Å². The van der Waals surface area contributed by atoms with Gasteiger partial charge in [0.2, 0.25) is 0 Å². The first-order chi connectivity index (χ1) is 8.84. The molecule has 1 aromatic carbocycles. The van der Waals surface area contributed by atoms with E-state index in [2.05, 4.69) is 15.5 Å². The Morgan fingerprint density at radius 1 is 1.33 bits per heavy atom. The molecule has 3 nitrogen and oxygen atoms in total. The van der Waals surface area contributed by atoms with Crippen LogP contribution in [0, 0.1) is 5.82 Å². The Morgan fingerprint density at radius 3 is 3.06 bits per heavy atom. The Kier molecular flexibility index (Phi) is 3.11. The first-order valence-corrected chi connectivity index (χ1v) is 6.34. The number of halogens is 1. The Labute approximate surface area is 105 Å². The average molecular weight is 245 g/mol. The minimum Gasteiger partial charge on any atom is -0.316 e. The van der Waals surface area contributed by atoms with E-state index in [4.69, 9.17) is 0 Å². The minimum absolute atomic E-state index is 0.207. The maximum absolute atomic E-state index is 13.3. The molecule has 2 heterocycles. The van der Waals surface area contributed by atoms with Crippen LogP contribution < -0.4 is 5.32 Å². The smallest absolute Gasteiger partial charge is 0.123 e. The highest BCUT2D eigenvalue weighted by molar-refractivity contribution is 5.65. The van der Waals surface area contributed by atoms with Gasteiger partial charge in [0, 0.05) is 23.7 Å². The van der Waals surface area contributed by atoms with Gasteiger partial charge < -0.3 is 5.32 Å². The molecule has 0 aliphatic carbocycles. The molecule has 1 fully saturated rings. The molecule has 1 atom stereocenters. The highest BCUT2D eigenvalue weighted by atomic mass is 19.1. The number of nitrogens with zero attached hydrogens (tertiary/aromatic N) is 1. The SMILES string of the molecule is Fc1cccc(-c2cn[nH]c2C2CCCNC2)c1. The molecule has 4 heteroatoms. The van der Waals surface area contributed by atoms with E-state index in [9.17, 15) is 4.39 Å². The molecule has 3 rings (SSSR count). The number of benzene rings is 1. The van der Waals surface area contributed by atoms with Crippen molar-refractivity contribution in [3.05, 3.63) is 42.0 Å². The molecule has 18 heavy (non-hydrogen) atoms. The van der Waals surface area contributed by atoms with E-state index in [0.717, 1.165) is 36.3 Å². The summed E-state index contributed by atoms with van der Waals surface area (Å²) in [5.74, 6) is 0.237. The van der Waals surface area contributed by atoms with E-state index in [1.54, 1.807) is 18.3 Å². The average Bonchev–Trinajstić information content (AvgIpc) is 2.89. The Morgan fingerprint density at radius 2 is 2.28 bits per heavy atom. The predicted molar refractivity (Wildman–Crippen MR) is 68.8 cm³/mol. The maximum Gasteiger partial charge on any atom is 0.123 e. The number of hydrogen-bond donors (Lipinski definition) is 2. The second kappa shape index (κ2) is 4.90. The van der Waals surface area contributed by atoms with Crippen molar-refractivity contribution in [3.8, 4) is 11.1 Å². The number of aromatic nitrogens is 2. The molecule has 0 radical (unpaired) electrons. The third kappa shape index (κ3) is 2.16. The van der Waals surface area contributed by atoms with Crippen LogP contribution in [-0.4, -0.2) is 23.3 Å².